The van der Waals surface area contributed by atoms with Crippen LogP contribution in [0, 0.1) is 0 Å². The Kier molecular flexibility index (Phi) is 5.12. The van der Waals surface area contributed by atoms with Crippen molar-refractivity contribution < 1.29 is 19.2 Å². The van der Waals surface area contributed by atoms with Gasteiger partial charge in [-0.15, -0.1) is 5.10 Å². The van der Waals surface area contributed by atoms with E-state index in [1.54, 1.807) is 30.3 Å². The second kappa shape index (κ2) is 7.64. The van der Waals surface area contributed by atoms with Crippen molar-refractivity contribution in [2.45, 2.75) is 19.4 Å². The van der Waals surface area contributed by atoms with E-state index >= 15 is 0 Å². The van der Waals surface area contributed by atoms with E-state index in [1.807, 2.05) is 25.1 Å². The van der Waals surface area contributed by atoms with Crippen molar-refractivity contribution >= 4 is 28.6 Å². The van der Waals surface area contributed by atoms with Crippen LogP contribution in [-0.4, -0.2) is 40.2 Å². The molecule has 0 spiro atoms. The van der Waals surface area contributed by atoms with E-state index in [0.717, 1.165) is 4.85 Å². The van der Waals surface area contributed by atoms with Crippen LogP contribution in [0.25, 0.3) is 11.0 Å². The van der Waals surface area contributed by atoms with Crippen molar-refractivity contribution in [2.75, 3.05) is 12.4 Å². The Hall–Kier alpha value is -3.42. The average Bonchev–Trinajstić information content (AvgIpc) is 3.08. The summed E-state index contributed by atoms with van der Waals surface area (Å²) in [6, 6.07) is 13.9. The van der Waals surface area contributed by atoms with Crippen molar-refractivity contribution in [1.29, 1.82) is 0 Å². The minimum absolute atomic E-state index is 0.300. The number of hydrogen-bond acceptors (Lipinski definition) is 6. The lowest BCUT2D eigenvalue weighted by atomic mass is 10.2. The molecule has 0 aliphatic rings. The summed E-state index contributed by atoms with van der Waals surface area (Å²) in [6.07, 6.45) is -0.349. The first-order valence-electron chi connectivity index (χ1n) is 8.09. The van der Waals surface area contributed by atoms with Crippen molar-refractivity contribution in [2.24, 2.45) is 0 Å². The zero-order valence-electron chi connectivity index (χ0n) is 14.4. The van der Waals surface area contributed by atoms with Gasteiger partial charge in [-0.05, 0) is 42.0 Å². The summed E-state index contributed by atoms with van der Waals surface area (Å²) < 4.78 is 4.71. The highest BCUT2D eigenvalue weighted by Gasteiger charge is 2.21. The molecule has 1 amide bonds. The second-order valence-corrected chi connectivity index (χ2v) is 5.52. The molecule has 1 atom stereocenters. The molecule has 0 saturated carbocycles. The quantitative estimate of drug-likeness (QED) is 0.681. The smallest absolute Gasteiger partial charge is 0.337 e. The highest BCUT2D eigenvalue weighted by molar-refractivity contribution is 5.94. The van der Waals surface area contributed by atoms with Crippen LogP contribution in [0.3, 0.4) is 0 Å². The minimum atomic E-state index is -0.776. The first-order chi connectivity index (χ1) is 12.6. The van der Waals surface area contributed by atoms with Gasteiger partial charge >= 0.3 is 5.97 Å². The molecular formula is C18H18N4O4. The van der Waals surface area contributed by atoms with Crippen LogP contribution < -0.4 is 10.2 Å². The van der Waals surface area contributed by atoms with Crippen molar-refractivity contribution in [1.82, 2.24) is 15.2 Å². The first kappa shape index (κ1) is 17.4. The first-order valence-corrected chi connectivity index (χ1v) is 8.09. The van der Waals surface area contributed by atoms with Gasteiger partial charge in [-0.25, -0.2) is 4.79 Å². The largest absolute Gasteiger partial charge is 0.465 e. The summed E-state index contributed by atoms with van der Waals surface area (Å²) in [6.45, 7) is 1.83. The molecule has 8 nitrogen and oxygen atoms in total. The standard InChI is InChI=1S/C18H18N4O4/c1-3-16(17(23)19-13-7-5-4-6-8-13)26-22-15-11-12(18(24)25-2)9-10-14(15)20-21-22/h4-11,16H,3H2,1-2H3,(H,19,23)/t16-/m1/s1. The molecule has 26 heavy (non-hydrogen) atoms. The number of methoxy groups -OCH3 is 1. The van der Waals surface area contributed by atoms with Gasteiger partial charge in [-0.2, -0.15) is 0 Å². The Morgan fingerprint density at radius 2 is 1.96 bits per heavy atom. The number of carbonyl (C=O) groups excluding carboxylic acids is 2. The predicted molar refractivity (Wildman–Crippen MR) is 94.6 cm³/mol. The Labute approximate surface area is 149 Å². The molecule has 0 unspecified atom stereocenters. The van der Waals surface area contributed by atoms with Crippen molar-refractivity contribution in [3.05, 3.63) is 54.1 Å². The molecule has 1 heterocycles. The lowest BCUT2D eigenvalue weighted by Crippen LogP contribution is -2.37. The summed E-state index contributed by atoms with van der Waals surface area (Å²) in [5, 5.41) is 10.7. The lowest BCUT2D eigenvalue weighted by Gasteiger charge is -2.16. The zero-order valence-corrected chi connectivity index (χ0v) is 14.4. The predicted octanol–water partition coefficient (Wildman–Crippen LogP) is 2.06. The molecule has 0 radical (unpaired) electrons. The number of ether oxygens (including phenoxy) is 1. The zero-order chi connectivity index (χ0) is 18.5. The number of rotatable bonds is 6. The van der Waals surface area contributed by atoms with Gasteiger partial charge in [-0.3, -0.25) is 4.79 Å². The van der Waals surface area contributed by atoms with E-state index in [2.05, 4.69) is 15.6 Å². The number of para-hydroxylation sites is 1. The molecule has 0 bridgehead atoms. The number of aromatic nitrogens is 3. The Balaban J connectivity index is 1.81. The summed E-state index contributed by atoms with van der Waals surface area (Å²) in [4.78, 5) is 31.0. The maximum Gasteiger partial charge on any atom is 0.337 e. The molecule has 8 heteroatoms. The highest BCUT2D eigenvalue weighted by Crippen LogP contribution is 2.15. The molecule has 0 aliphatic carbocycles. The number of nitrogens with zero attached hydrogens (tertiary/aromatic N) is 3. The molecule has 0 saturated heterocycles. The van der Waals surface area contributed by atoms with Gasteiger partial charge < -0.3 is 14.9 Å². The number of fused-ring (bicyclic) bond motifs is 1. The van der Waals surface area contributed by atoms with Crippen LogP contribution in [-0.2, 0) is 9.53 Å². The van der Waals surface area contributed by atoms with Gasteiger partial charge in [-0.1, -0.05) is 30.0 Å². The maximum atomic E-state index is 12.5. The Morgan fingerprint density at radius 3 is 2.65 bits per heavy atom. The van der Waals surface area contributed by atoms with Crippen molar-refractivity contribution in [3.8, 4) is 0 Å². The maximum absolute atomic E-state index is 12.5. The van der Waals surface area contributed by atoms with Crippen LogP contribution in [0.4, 0.5) is 5.69 Å². The van der Waals surface area contributed by atoms with Gasteiger partial charge in [0.05, 0.1) is 12.7 Å². The van der Waals surface area contributed by atoms with Crippen LogP contribution in [0.2, 0.25) is 0 Å². The van der Waals surface area contributed by atoms with Crippen LogP contribution >= 0.6 is 0 Å². The number of carbonyl (C=O) groups is 2. The summed E-state index contributed by atoms with van der Waals surface area (Å²) >= 11 is 0. The molecule has 1 aromatic heterocycles. The average molecular weight is 354 g/mol. The fourth-order valence-electron chi connectivity index (χ4n) is 2.39. The van der Waals surface area contributed by atoms with Gasteiger partial charge in [0.1, 0.15) is 11.0 Å². The topological polar surface area (TPSA) is 95.3 Å². The Bertz CT molecular complexity index is 923. The van der Waals surface area contributed by atoms with E-state index in [0.29, 0.717) is 28.7 Å². The third kappa shape index (κ3) is 3.64. The number of hydrogen-bond donors (Lipinski definition) is 1. The van der Waals surface area contributed by atoms with Crippen LogP contribution in [0.1, 0.15) is 23.7 Å². The third-order valence-electron chi connectivity index (χ3n) is 3.77. The molecule has 0 aliphatic heterocycles. The lowest BCUT2D eigenvalue weighted by molar-refractivity contribution is -0.128. The Morgan fingerprint density at radius 1 is 1.19 bits per heavy atom. The second-order valence-electron chi connectivity index (χ2n) is 5.52. The fraction of sp³-hybridized carbons (Fsp3) is 0.222. The van der Waals surface area contributed by atoms with Gasteiger partial charge in [0, 0.05) is 5.69 Å². The third-order valence-corrected chi connectivity index (χ3v) is 3.77. The van der Waals surface area contributed by atoms with Gasteiger partial charge in [0.25, 0.3) is 5.91 Å². The molecule has 134 valence electrons. The van der Waals surface area contributed by atoms with Gasteiger partial charge in [0.2, 0.25) is 6.10 Å². The number of esters is 1. The molecule has 0 fully saturated rings. The van der Waals surface area contributed by atoms with Crippen molar-refractivity contribution in [3.63, 3.8) is 0 Å². The minimum Gasteiger partial charge on any atom is -0.465 e. The van der Waals surface area contributed by atoms with E-state index in [9.17, 15) is 9.59 Å². The SMILES string of the molecule is CC[C@@H](On1nnc2ccc(C(=O)OC)cc21)C(=O)Nc1ccccc1. The monoisotopic (exact) mass is 354 g/mol. The number of benzene rings is 2. The summed E-state index contributed by atoms with van der Waals surface area (Å²) in [7, 11) is 1.31. The van der Waals surface area contributed by atoms with Crippen LogP contribution in [0.5, 0.6) is 0 Å². The normalized spacial score (nSPS) is 11.8. The highest BCUT2D eigenvalue weighted by atomic mass is 16.7. The number of nitrogens with one attached hydrogen (secondary N) is 1. The molecule has 3 aromatic rings. The summed E-state index contributed by atoms with van der Waals surface area (Å²) in [5.41, 5.74) is 2.03. The van der Waals surface area contributed by atoms with E-state index in [1.165, 1.54) is 7.11 Å². The number of anilines is 1. The molecule has 1 N–H and O–H groups in total. The number of amides is 1. The molecule has 3 rings (SSSR count). The van der Waals surface area contributed by atoms with E-state index in [-0.39, 0.29) is 5.91 Å². The van der Waals surface area contributed by atoms with Gasteiger partial charge in [0.15, 0.2) is 0 Å². The summed E-state index contributed by atoms with van der Waals surface area (Å²) in [5.74, 6) is -0.778. The van der Waals surface area contributed by atoms with Crippen LogP contribution in [0.15, 0.2) is 48.5 Å². The van der Waals surface area contributed by atoms with E-state index in [4.69, 9.17) is 9.57 Å². The fourth-order valence-corrected chi connectivity index (χ4v) is 2.39. The van der Waals surface area contributed by atoms with E-state index < -0.39 is 12.1 Å². The molecule has 2 aromatic carbocycles. The molecular weight excluding hydrogens is 336 g/mol.